The maximum Gasteiger partial charge on any atom is 0.194 e. The Labute approximate surface area is 178 Å². The predicted molar refractivity (Wildman–Crippen MR) is 121 cm³/mol. The lowest BCUT2D eigenvalue weighted by atomic mass is 10.1. The maximum absolute atomic E-state index is 10.3. The van der Waals surface area contributed by atoms with Gasteiger partial charge in [0, 0.05) is 51.0 Å². The summed E-state index contributed by atoms with van der Waals surface area (Å²) >= 11 is 0. The molecule has 0 bridgehead atoms. The van der Waals surface area contributed by atoms with Crippen LogP contribution in [0.2, 0.25) is 0 Å². The number of piperazine rings is 1. The van der Waals surface area contributed by atoms with E-state index in [1.807, 2.05) is 24.3 Å². The molecule has 162 valence electrons. The van der Waals surface area contributed by atoms with E-state index in [4.69, 9.17) is 14.5 Å². The number of phenols is 1. The molecule has 0 amide bonds. The molecule has 2 aromatic rings. The van der Waals surface area contributed by atoms with E-state index >= 15 is 0 Å². The highest BCUT2D eigenvalue weighted by Gasteiger charge is 2.20. The van der Waals surface area contributed by atoms with E-state index in [2.05, 4.69) is 34.2 Å². The van der Waals surface area contributed by atoms with Crippen LogP contribution in [0.15, 0.2) is 47.5 Å². The lowest BCUT2D eigenvalue weighted by molar-refractivity contribution is 0.369. The second-order valence-corrected chi connectivity index (χ2v) is 7.13. The molecule has 0 atom stereocenters. The fourth-order valence-corrected chi connectivity index (χ4v) is 3.63. The van der Waals surface area contributed by atoms with E-state index < -0.39 is 0 Å². The third kappa shape index (κ3) is 5.28. The molecule has 2 aromatic carbocycles. The number of hydrogen-bond donors (Lipinski definition) is 2. The lowest BCUT2D eigenvalue weighted by Crippen LogP contribution is -2.52. The molecule has 7 heteroatoms. The van der Waals surface area contributed by atoms with Gasteiger partial charge in [0.05, 0.1) is 14.2 Å². The fraction of sp³-hybridized carbons (Fsp3) is 0.435. The number of benzene rings is 2. The molecular formula is C23H32N4O3. The van der Waals surface area contributed by atoms with Gasteiger partial charge >= 0.3 is 0 Å². The number of para-hydroxylation sites is 1. The van der Waals surface area contributed by atoms with Crippen LogP contribution in [0.25, 0.3) is 0 Å². The Hall–Kier alpha value is -3.09. The molecule has 0 unspecified atom stereocenters. The number of guanidine groups is 1. The summed E-state index contributed by atoms with van der Waals surface area (Å²) in [5.74, 6) is 2.50. The largest absolute Gasteiger partial charge is 0.504 e. The number of nitrogens with zero attached hydrogens (tertiary/aromatic N) is 3. The zero-order valence-electron chi connectivity index (χ0n) is 18.1. The van der Waals surface area contributed by atoms with Crippen molar-refractivity contribution in [1.29, 1.82) is 0 Å². The average Bonchev–Trinajstić information content (AvgIpc) is 2.79. The Kier molecular flexibility index (Phi) is 7.65. The van der Waals surface area contributed by atoms with Crippen LogP contribution >= 0.6 is 0 Å². The molecule has 1 saturated heterocycles. The van der Waals surface area contributed by atoms with Gasteiger partial charge in [0.25, 0.3) is 0 Å². The van der Waals surface area contributed by atoms with Crippen molar-refractivity contribution in [1.82, 2.24) is 10.2 Å². The topological polar surface area (TPSA) is 69.6 Å². The first-order valence-corrected chi connectivity index (χ1v) is 10.4. The van der Waals surface area contributed by atoms with Gasteiger partial charge in [0.1, 0.15) is 5.75 Å². The normalized spacial score (nSPS) is 14.6. The molecule has 1 aliphatic rings. The minimum Gasteiger partial charge on any atom is -0.504 e. The second-order valence-electron chi connectivity index (χ2n) is 7.13. The first-order chi connectivity index (χ1) is 14.7. The highest BCUT2D eigenvalue weighted by Crippen LogP contribution is 2.29. The number of aromatic hydroxyl groups is 1. The van der Waals surface area contributed by atoms with E-state index in [1.165, 1.54) is 5.69 Å². The van der Waals surface area contributed by atoms with E-state index in [9.17, 15) is 5.11 Å². The van der Waals surface area contributed by atoms with Crippen LogP contribution in [0.3, 0.4) is 0 Å². The van der Waals surface area contributed by atoms with Crippen molar-refractivity contribution in [3.63, 3.8) is 0 Å². The number of hydrogen-bond acceptors (Lipinski definition) is 5. The quantitative estimate of drug-likeness (QED) is 0.538. The van der Waals surface area contributed by atoms with Gasteiger partial charge in [-0.2, -0.15) is 0 Å². The Balaban J connectivity index is 1.60. The molecule has 0 saturated carbocycles. The van der Waals surface area contributed by atoms with Crippen LogP contribution in [0, 0.1) is 0 Å². The van der Waals surface area contributed by atoms with E-state index in [0.29, 0.717) is 18.7 Å². The smallest absolute Gasteiger partial charge is 0.194 e. The third-order valence-corrected chi connectivity index (χ3v) is 5.28. The van der Waals surface area contributed by atoms with E-state index in [0.717, 1.165) is 50.0 Å². The Morgan fingerprint density at radius 2 is 1.83 bits per heavy atom. The number of nitrogens with one attached hydrogen (secondary N) is 1. The molecule has 0 aromatic heterocycles. The summed E-state index contributed by atoms with van der Waals surface area (Å²) in [6, 6.07) is 13.8. The van der Waals surface area contributed by atoms with Crippen LogP contribution in [0.1, 0.15) is 12.5 Å². The first-order valence-electron chi connectivity index (χ1n) is 10.4. The molecule has 30 heavy (non-hydrogen) atoms. The number of aliphatic imine (C=N–C) groups is 1. The average molecular weight is 413 g/mol. The summed E-state index contributed by atoms with van der Waals surface area (Å²) in [4.78, 5) is 9.46. The number of methoxy groups -OCH3 is 2. The zero-order valence-corrected chi connectivity index (χ0v) is 18.1. The molecule has 0 aliphatic carbocycles. The van der Waals surface area contributed by atoms with Gasteiger partial charge in [-0.05, 0) is 37.1 Å². The van der Waals surface area contributed by atoms with Gasteiger partial charge in [0.2, 0.25) is 0 Å². The van der Waals surface area contributed by atoms with Gasteiger partial charge in [-0.25, -0.2) is 0 Å². The zero-order chi connectivity index (χ0) is 21.3. The Morgan fingerprint density at radius 3 is 2.53 bits per heavy atom. The molecule has 1 heterocycles. The van der Waals surface area contributed by atoms with Crippen molar-refractivity contribution in [2.24, 2.45) is 4.99 Å². The van der Waals surface area contributed by atoms with Crippen molar-refractivity contribution in [2.45, 2.75) is 13.3 Å². The van der Waals surface area contributed by atoms with Crippen molar-refractivity contribution < 1.29 is 14.6 Å². The van der Waals surface area contributed by atoms with E-state index in [-0.39, 0.29) is 5.75 Å². The molecular weight excluding hydrogens is 380 g/mol. The summed E-state index contributed by atoms with van der Waals surface area (Å²) in [5.41, 5.74) is 2.03. The molecule has 0 radical (unpaired) electrons. The van der Waals surface area contributed by atoms with Crippen molar-refractivity contribution in [3.8, 4) is 17.2 Å². The molecule has 1 aliphatic heterocycles. The van der Waals surface area contributed by atoms with Gasteiger partial charge in [-0.1, -0.05) is 18.2 Å². The Morgan fingerprint density at radius 1 is 1.07 bits per heavy atom. The van der Waals surface area contributed by atoms with Crippen LogP contribution in [0.5, 0.6) is 17.2 Å². The maximum atomic E-state index is 10.3. The monoisotopic (exact) mass is 412 g/mol. The van der Waals surface area contributed by atoms with Crippen molar-refractivity contribution in [3.05, 3.63) is 48.0 Å². The van der Waals surface area contributed by atoms with Gasteiger partial charge in [-0.15, -0.1) is 0 Å². The van der Waals surface area contributed by atoms with Crippen LogP contribution in [0.4, 0.5) is 5.69 Å². The molecule has 2 N–H and O–H groups in total. The van der Waals surface area contributed by atoms with Crippen LogP contribution in [-0.2, 0) is 6.42 Å². The SMILES string of the molecule is CCNC(=NCCc1cccc(OC)c1O)N1CCN(c2cccc(OC)c2)CC1. The number of rotatable bonds is 7. The van der Waals surface area contributed by atoms with E-state index in [1.54, 1.807) is 20.3 Å². The summed E-state index contributed by atoms with van der Waals surface area (Å²) in [5, 5.41) is 13.7. The van der Waals surface area contributed by atoms with Crippen molar-refractivity contribution in [2.75, 3.05) is 58.4 Å². The highest BCUT2D eigenvalue weighted by molar-refractivity contribution is 5.80. The minimum absolute atomic E-state index is 0.201. The minimum atomic E-state index is 0.201. The second kappa shape index (κ2) is 10.6. The number of anilines is 1. The van der Waals surface area contributed by atoms with Crippen molar-refractivity contribution >= 4 is 11.6 Å². The summed E-state index contributed by atoms with van der Waals surface area (Å²) in [7, 11) is 3.26. The van der Waals surface area contributed by atoms with Crippen LogP contribution < -0.4 is 19.7 Å². The van der Waals surface area contributed by atoms with Gasteiger partial charge in [-0.3, -0.25) is 4.99 Å². The summed E-state index contributed by atoms with van der Waals surface area (Å²) in [6.07, 6.45) is 0.654. The standard InChI is InChI=1S/C23H32N4O3/c1-4-24-23(25-12-11-18-7-5-10-21(30-3)22(18)28)27-15-13-26(14-16-27)19-8-6-9-20(17-19)29-2/h5-10,17,28H,4,11-16H2,1-3H3,(H,24,25). The van der Waals surface area contributed by atoms with Gasteiger partial charge in [0.15, 0.2) is 17.5 Å². The lowest BCUT2D eigenvalue weighted by Gasteiger charge is -2.37. The van der Waals surface area contributed by atoms with Crippen LogP contribution in [-0.4, -0.2) is 69.5 Å². The van der Waals surface area contributed by atoms with Gasteiger partial charge < -0.3 is 29.7 Å². The predicted octanol–water partition coefficient (Wildman–Crippen LogP) is 2.74. The molecule has 7 nitrogen and oxygen atoms in total. The summed E-state index contributed by atoms with van der Waals surface area (Å²) in [6.45, 7) is 7.14. The highest BCUT2D eigenvalue weighted by atomic mass is 16.5. The number of phenolic OH excluding ortho intramolecular Hbond substituents is 1. The molecule has 1 fully saturated rings. The third-order valence-electron chi connectivity index (χ3n) is 5.28. The fourth-order valence-electron chi connectivity index (χ4n) is 3.63. The molecule has 0 spiro atoms. The molecule has 3 rings (SSSR count). The number of ether oxygens (including phenoxy) is 2. The first kappa shape index (κ1) is 21.6. The Bertz CT molecular complexity index is 848. The summed E-state index contributed by atoms with van der Waals surface area (Å²) < 4.78 is 10.5.